The Kier molecular flexibility index (Phi) is 3.56. The van der Waals surface area contributed by atoms with Gasteiger partial charge in [0, 0.05) is 11.1 Å². The quantitative estimate of drug-likeness (QED) is 0.787. The Hall–Kier alpha value is -2.46. The van der Waals surface area contributed by atoms with Gasteiger partial charge < -0.3 is 10.3 Å². The van der Waals surface area contributed by atoms with Crippen LogP contribution in [0.1, 0.15) is 5.56 Å². The van der Waals surface area contributed by atoms with Crippen LogP contribution in [0.3, 0.4) is 0 Å². The fourth-order valence-corrected chi connectivity index (χ4v) is 2.14. The SMILES string of the molecule is NCCc1ccccc1-c1nc(-c2ccccc2)no1. The second-order valence-electron chi connectivity index (χ2n) is 4.48. The number of rotatable bonds is 4. The Morgan fingerprint density at radius 2 is 1.70 bits per heavy atom. The van der Waals surface area contributed by atoms with E-state index >= 15 is 0 Å². The summed E-state index contributed by atoms with van der Waals surface area (Å²) in [4.78, 5) is 4.48. The number of benzene rings is 2. The van der Waals surface area contributed by atoms with Crippen molar-refractivity contribution in [3.8, 4) is 22.8 Å². The molecule has 0 amide bonds. The third kappa shape index (κ3) is 2.46. The molecule has 3 rings (SSSR count). The molecule has 0 unspecified atom stereocenters. The Labute approximate surface area is 117 Å². The molecule has 2 N–H and O–H groups in total. The number of nitrogens with two attached hydrogens (primary N) is 1. The second kappa shape index (κ2) is 5.67. The first-order valence-electron chi connectivity index (χ1n) is 6.56. The molecule has 4 heteroatoms. The van der Waals surface area contributed by atoms with Gasteiger partial charge in [-0.1, -0.05) is 53.7 Å². The Balaban J connectivity index is 1.98. The molecule has 0 radical (unpaired) electrons. The molecule has 0 spiro atoms. The highest BCUT2D eigenvalue weighted by molar-refractivity contribution is 5.62. The Bertz CT molecular complexity index is 692. The van der Waals surface area contributed by atoms with Gasteiger partial charge in [0.25, 0.3) is 5.89 Å². The van der Waals surface area contributed by atoms with Crippen LogP contribution in [0, 0.1) is 0 Å². The molecule has 0 aliphatic heterocycles. The number of nitrogens with zero attached hydrogens (tertiary/aromatic N) is 2. The lowest BCUT2D eigenvalue weighted by molar-refractivity contribution is 0.432. The lowest BCUT2D eigenvalue weighted by atomic mass is 10.0. The summed E-state index contributed by atoms with van der Waals surface area (Å²) in [7, 11) is 0. The molecular formula is C16H15N3O. The highest BCUT2D eigenvalue weighted by Gasteiger charge is 2.13. The van der Waals surface area contributed by atoms with Crippen LogP contribution in [0.5, 0.6) is 0 Å². The lowest BCUT2D eigenvalue weighted by Crippen LogP contribution is -2.03. The molecule has 1 heterocycles. The number of hydrogen-bond donors (Lipinski definition) is 1. The van der Waals surface area contributed by atoms with Crippen LogP contribution < -0.4 is 5.73 Å². The second-order valence-corrected chi connectivity index (χ2v) is 4.48. The van der Waals surface area contributed by atoms with Gasteiger partial charge >= 0.3 is 0 Å². The molecule has 0 fully saturated rings. The number of hydrogen-bond acceptors (Lipinski definition) is 4. The van der Waals surface area contributed by atoms with Crippen molar-refractivity contribution in [3.05, 3.63) is 60.2 Å². The molecule has 0 saturated heterocycles. The molecular weight excluding hydrogens is 250 g/mol. The van der Waals surface area contributed by atoms with Crippen molar-refractivity contribution in [1.82, 2.24) is 10.1 Å². The topological polar surface area (TPSA) is 64.9 Å². The normalized spacial score (nSPS) is 10.7. The van der Waals surface area contributed by atoms with Crippen molar-refractivity contribution in [1.29, 1.82) is 0 Å². The summed E-state index contributed by atoms with van der Waals surface area (Å²) in [6.45, 7) is 0.594. The maximum atomic E-state index is 5.64. The molecule has 4 nitrogen and oxygen atoms in total. The largest absolute Gasteiger partial charge is 0.334 e. The van der Waals surface area contributed by atoms with Crippen LogP contribution in [-0.4, -0.2) is 16.7 Å². The summed E-state index contributed by atoms with van der Waals surface area (Å²) >= 11 is 0. The zero-order chi connectivity index (χ0) is 13.8. The first-order valence-corrected chi connectivity index (χ1v) is 6.56. The first-order chi connectivity index (χ1) is 9.88. The number of aromatic nitrogens is 2. The van der Waals surface area contributed by atoms with Crippen molar-refractivity contribution in [2.75, 3.05) is 6.54 Å². The van der Waals surface area contributed by atoms with Crippen molar-refractivity contribution < 1.29 is 4.52 Å². The average Bonchev–Trinajstić information content (AvgIpc) is 2.99. The van der Waals surface area contributed by atoms with Crippen LogP contribution in [0.4, 0.5) is 0 Å². The summed E-state index contributed by atoms with van der Waals surface area (Å²) in [5.41, 5.74) is 8.66. The van der Waals surface area contributed by atoms with E-state index in [2.05, 4.69) is 10.1 Å². The first kappa shape index (κ1) is 12.6. The summed E-state index contributed by atoms with van der Waals surface area (Å²) in [6.07, 6.45) is 0.791. The van der Waals surface area contributed by atoms with Gasteiger partial charge in [0.2, 0.25) is 5.82 Å². The van der Waals surface area contributed by atoms with E-state index in [1.165, 1.54) is 0 Å². The molecule has 2 aromatic carbocycles. The molecule has 0 aliphatic carbocycles. The Morgan fingerprint density at radius 1 is 0.950 bits per heavy atom. The van der Waals surface area contributed by atoms with E-state index in [1.54, 1.807) is 0 Å². The van der Waals surface area contributed by atoms with Crippen LogP contribution in [0.2, 0.25) is 0 Å². The maximum Gasteiger partial charge on any atom is 0.258 e. The van der Waals surface area contributed by atoms with Crippen LogP contribution in [0.25, 0.3) is 22.8 Å². The Morgan fingerprint density at radius 3 is 2.50 bits per heavy atom. The van der Waals surface area contributed by atoms with Crippen molar-refractivity contribution >= 4 is 0 Å². The molecule has 0 aliphatic rings. The van der Waals surface area contributed by atoms with Gasteiger partial charge in [-0.3, -0.25) is 0 Å². The van der Waals surface area contributed by atoms with E-state index in [0.717, 1.165) is 23.1 Å². The van der Waals surface area contributed by atoms with Gasteiger partial charge in [0.05, 0.1) is 0 Å². The van der Waals surface area contributed by atoms with Crippen molar-refractivity contribution in [2.45, 2.75) is 6.42 Å². The highest BCUT2D eigenvalue weighted by atomic mass is 16.5. The summed E-state index contributed by atoms with van der Waals surface area (Å²) < 4.78 is 5.39. The van der Waals surface area contributed by atoms with Gasteiger partial charge in [-0.15, -0.1) is 0 Å². The van der Waals surface area contributed by atoms with Crippen molar-refractivity contribution in [2.24, 2.45) is 5.73 Å². The molecule has 1 aromatic heterocycles. The van der Waals surface area contributed by atoms with E-state index in [-0.39, 0.29) is 0 Å². The van der Waals surface area contributed by atoms with Gasteiger partial charge in [-0.2, -0.15) is 4.98 Å². The molecule has 3 aromatic rings. The molecule has 0 saturated carbocycles. The summed E-state index contributed by atoms with van der Waals surface area (Å²) in [5.74, 6) is 1.14. The van der Waals surface area contributed by atoms with Gasteiger partial charge in [0.1, 0.15) is 0 Å². The standard InChI is InChI=1S/C16H15N3O/c17-11-10-12-6-4-5-9-14(12)16-18-15(19-20-16)13-7-2-1-3-8-13/h1-9H,10-11,17H2. The minimum absolute atomic E-state index is 0.535. The highest BCUT2D eigenvalue weighted by Crippen LogP contribution is 2.25. The summed E-state index contributed by atoms with van der Waals surface area (Å²) in [6, 6.07) is 17.7. The van der Waals surface area contributed by atoms with E-state index < -0.39 is 0 Å². The fraction of sp³-hybridized carbons (Fsp3) is 0.125. The van der Waals surface area contributed by atoms with Crippen LogP contribution in [0.15, 0.2) is 59.1 Å². The molecule has 0 bridgehead atoms. The average molecular weight is 265 g/mol. The van der Waals surface area contributed by atoms with E-state index in [0.29, 0.717) is 18.3 Å². The minimum Gasteiger partial charge on any atom is -0.334 e. The third-order valence-corrected chi connectivity index (χ3v) is 3.12. The lowest BCUT2D eigenvalue weighted by Gasteiger charge is -2.03. The van der Waals surface area contributed by atoms with Gasteiger partial charge in [-0.05, 0) is 24.6 Å². The van der Waals surface area contributed by atoms with E-state index in [9.17, 15) is 0 Å². The predicted octanol–water partition coefficient (Wildman–Crippen LogP) is 2.90. The van der Waals surface area contributed by atoms with Crippen LogP contribution >= 0.6 is 0 Å². The molecule has 0 atom stereocenters. The maximum absolute atomic E-state index is 5.64. The summed E-state index contributed by atoms with van der Waals surface area (Å²) in [5, 5.41) is 4.05. The predicted molar refractivity (Wildman–Crippen MR) is 77.9 cm³/mol. The van der Waals surface area contributed by atoms with Crippen LogP contribution in [-0.2, 0) is 6.42 Å². The van der Waals surface area contributed by atoms with Gasteiger partial charge in [0.15, 0.2) is 0 Å². The fourth-order valence-electron chi connectivity index (χ4n) is 2.14. The smallest absolute Gasteiger partial charge is 0.258 e. The van der Waals surface area contributed by atoms with Crippen molar-refractivity contribution in [3.63, 3.8) is 0 Å². The third-order valence-electron chi connectivity index (χ3n) is 3.12. The zero-order valence-corrected chi connectivity index (χ0v) is 11.0. The molecule has 20 heavy (non-hydrogen) atoms. The minimum atomic E-state index is 0.535. The monoisotopic (exact) mass is 265 g/mol. The van der Waals surface area contributed by atoms with E-state index in [4.69, 9.17) is 10.3 Å². The van der Waals surface area contributed by atoms with E-state index in [1.807, 2.05) is 54.6 Å². The van der Waals surface area contributed by atoms with Gasteiger partial charge in [-0.25, -0.2) is 0 Å². The zero-order valence-electron chi connectivity index (χ0n) is 11.0. The molecule has 100 valence electrons.